The van der Waals surface area contributed by atoms with Crippen molar-refractivity contribution in [2.45, 2.75) is 56.9 Å². The molecular weight excluding hydrogens is 324 g/mol. The van der Waals surface area contributed by atoms with E-state index in [0.29, 0.717) is 18.8 Å². The number of ether oxygens (including phenoxy) is 5. The molecule has 4 rings (SSSR count). The molecule has 0 bridgehead atoms. The summed E-state index contributed by atoms with van der Waals surface area (Å²) in [7, 11) is 0. The Morgan fingerprint density at radius 3 is 2.72 bits per heavy atom. The summed E-state index contributed by atoms with van der Waals surface area (Å²) in [5.74, 6) is -0.713. The highest BCUT2D eigenvalue weighted by Gasteiger charge is 2.57. The van der Waals surface area contributed by atoms with Crippen LogP contribution in [0.5, 0.6) is 0 Å². The van der Waals surface area contributed by atoms with Crippen LogP contribution in [0.3, 0.4) is 0 Å². The highest BCUT2D eigenvalue weighted by Crippen LogP contribution is 2.41. The smallest absolute Gasteiger partial charge is 0.190 e. The van der Waals surface area contributed by atoms with E-state index in [1.165, 1.54) is 0 Å². The fraction of sp³-hybridized carbons (Fsp3) is 0.526. The molecule has 0 spiro atoms. The number of carbonyl (C=O) groups excluding carboxylic acids is 1. The van der Waals surface area contributed by atoms with Crippen LogP contribution in [-0.4, -0.2) is 49.4 Å². The SMILES string of the molecule is CC1(C)O[C@H]2O[C@H](C3C=C(C=O)CO3)[C@H](OCc3ccccc3)[C@H]2O1. The molecule has 3 aliphatic rings. The molecule has 0 N–H and O–H groups in total. The van der Waals surface area contributed by atoms with E-state index < -0.39 is 12.1 Å². The zero-order valence-electron chi connectivity index (χ0n) is 14.3. The zero-order valence-corrected chi connectivity index (χ0v) is 14.3. The first-order chi connectivity index (χ1) is 12.1. The molecule has 6 nitrogen and oxygen atoms in total. The van der Waals surface area contributed by atoms with E-state index in [0.717, 1.165) is 11.8 Å². The number of aldehydes is 1. The van der Waals surface area contributed by atoms with Crippen LogP contribution >= 0.6 is 0 Å². The van der Waals surface area contributed by atoms with E-state index in [-0.39, 0.29) is 24.4 Å². The van der Waals surface area contributed by atoms with E-state index >= 15 is 0 Å². The van der Waals surface area contributed by atoms with Crippen LogP contribution in [0.25, 0.3) is 0 Å². The molecule has 6 heteroatoms. The Labute approximate surface area is 146 Å². The number of hydrogen-bond acceptors (Lipinski definition) is 6. The van der Waals surface area contributed by atoms with Gasteiger partial charge in [0.25, 0.3) is 0 Å². The summed E-state index contributed by atoms with van der Waals surface area (Å²) < 4.78 is 29.7. The molecule has 0 saturated carbocycles. The fourth-order valence-corrected chi connectivity index (χ4v) is 3.49. The summed E-state index contributed by atoms with van der Waals surface area (Å²) in [6.07, 6.45) is 0.696. The highest BCUT2D eigenvalue weighted by molar-refractivity contribution is 5.74. The Kier molecular flexibility index (Phi) is 4.47. The zero-order chi connectivity index (χ0) is 17.4. The van der Waals surface area contributed by atoms with Gasteiger partial charge >= 0.3 is 0 Å². The summed E-state index contributed by atoms with van der Waals surface area (Å²) in [6.45, 7) is 4.44. The highest BCUT2D eigenvalue weighted by atomic mass is 16.8. The predicted molar refractivity (Wildman–Crippen MR) is 87.6 cm³/mol. The molecule has 3 heterocycles. The molecule has 1 aromatic carbocycles. The van der Waals surface area contributed by atoms with Crippen LogP contribution in [0.4, 0.5) is 0 Å². The number of fused-ring (bicyclic) bond motifs is 1. The van der Waals surface area contributed by atoms with Crippen molar-refractivity contribution in [3.8, 4) is 0 Å². The fourth-order valence-electron chi connectivity index (χ4n) is 3.49. The van der Waals surface area contributed by atoms with Gasteiger partial charge in [0.15, 0.2) is 12.1 Å². The lowest BCUT2D eigenvalue weighted by Gasteiger charge is -2.28. The first-order valence-electron chi connectivity index (χ1n) is 8.50. The molecule has 2 fully saturated rings. The van der Waals surface area contributed by atoms with Crippen LogP contribution < -0.4 is 0 Å². The topological polar surface area (TPSA) is 63.2 Å². The number of hydrogen-bond donors (Lipinski definition) is 0. The van der Waals surface area contributed by atoms with Crippen molar-refractivity contribution in [3.63, 3.8) is 0 Å². The number of benzene rings is 1. The van der Waals surface area contributed by atoms with Gasteiger partial charge in [-0.1, -0.05) is 30.3 Å². The Hall–Kier alpha value is -1.57. The Morgan fingerprint density at radius 1 is 1.20 bits per heavy atom. The van der Waals surface area contributed by atoms with Gasteiger partial charge in [-0.15, -0.1) is 0 Å². The van der Waals surface area contributed by atoms with Crippen molar-refractivity contribution >= 4 is 6.29 Å². The summed E-state index contributed by atoms with van der Waals surface area (Å²) in [4.78, 5) is 11.0. The van der Waals surface area contributed by atoms with Gasteiger partial charge in [0, 0.05) is 5.57 Å². The van der Waals surface area contributed by atoms with Gasteiger partial charge in [-0.2, -0.15) is 0 Å². The molecule has 134 valence electrons. The quantitative estimate of drug-likeness (QED) is 0.760. The lowest BCUT2D eigenvalue weighted by Crippen LogP contribution is -2.42. The third-order valence-corrected chi connectivity index (χ3v) is 4.61. The molecule has 0 aromatic heterocycles. The first kappa shape index (κ1) is 16.9. The molecule has 3 aliphatic heterocycles. The molecular formula is C19H22O6. The Bertz CT molecular complexity index is 655. The predicted octanol–water partition coefficient (Wildman–Crippen LogP) is 1.97. The monoisotopic (exact) mass is 346 g/mol. The summed E-state index contributed by atoms with van der Waals surface area (Å²) in [6, 6.07) is 9.93. The van der Waals surface area contributed by atoms with Crippen molar-refractivity contribution in [2.24, 2.45) is 0 Å². The third-order valence-electron chi connectivity index (χ3n) is 4.61. The maximum atomic E-state index is 11.0. The second-order valence-electron chi connectivity index (χ2n) is 6.97. The van der Waals surface area contributed by atoms with E-state index in [1.807, 2.05) is 44.2 Å². The molecule has 1 unspecified atom stereocenters. The molecule has 25 heavy (non-hydrogen) atoms. The Balaban J connectivity index is 1.52. The number of carbonyl (C=O) groups is 1. The van der Waals surface area contributed by atoms with E-state index in [1.54, 1.807) is 6.08 Å². The first-order valence-corrected chi connectivity index (χ1v) is 8.50. The average Bonchev–Trinajstić information content (AvgIpc) is 3.26. The standard InChI is InChI=1S/C19H22O6/c1-19(2)24-17-16(22-10-12-6-4-3-5-7-12)15(23-18(17)25-19)14-8-13(9-20)11-21-14/h3-9,14-18H,10-11H2,1-2H3/t14?,15-,16+,17-,18-/m1/s1. The normalized spacial score (nSPS) is 36.2. The molecule has 0 aliphatic carbocycles. The molecule has 2 saturated heterocycles. The van der Waals surface area contributed by atoms with Gasteiger partial charge < -0.3 is 23.7 Å². The van der Waals surface area contributed by atoms with Crippen LogP contribution in [0, 0.1) is 0 Å². The van der Waals surface area contributed by atoms with Crippen LogP contribution in [0.2, 0.25) is 0 Å². The Morgan fingerprint density at radius 2 is 2.00 bits per heavy atom. The maximum absolute atomic E-state index is 11.0. The minimum absolute atomic E-state index is 0.294. The second-order valence-corrected chi connectivity index (χ2v) is 6.97. The summed E-state index contributed by atoms with van der Waals surface area (Å²) >= 11 is 0. The van der Waals surface area contributed by atoms with E-state index in [4.69, 9.17) is 23.7 Å². The van der Waals surface area contributed by atoms with Crippen molar-refractivity contribution in [1.29, 1.82) is 0 Å². The van der Waals surface area contributed by atoms with Gasteiger partial charge in [-0.05, 0) is 25.5 Å². The minimum Gasteiger partial charge on any atom is -0.368 e. The average molecular weight is 346 g/mol. The van der Waals surface area contributed by atoms with E-state index in [2.05, 4.69) is 0 Å². The molecule has 1 aromatic rings. The van der Waals surface area contributed by atoms with Crippen LogP contribution in [-0.2, 0) is 35.1 Å². The van der Waals surface area contributed by atoms with Gasteiger partial charge in [-0.3, -0.25) is 4.79 Å². The van der Waals surface area contributed by atoms with Crippen molar-refractivity contribution in [2.75, 3.05) is 6.61 Å². The van der Waals surface area contributed by atoms with E-state index in [9.17, 15) is 4.79 Å². The molecule has 0 amide bonds. The molecule has 0 radical (unpaired) electrons. The third kappa shape index (κ3) is 3.41. The van der Waals surface area contributed by atoms with Crippen molar-refractivity contribution in [3.05, 3.63) is 47.5 Å². The van der Waals surface area contributed by atoms with Crippen molar-refractivity contribution < 1.29 is 28.5 Å². The lowest BCUT2D eigenvalue weighted by molar-refractivity contribution is -0.228. The van der Waals surface area contributed by atoms with Crippen LogP contribution in [0.15, 0.2) is 42.0 Å². The largest absolute Gasteiger partial charge is 0.368 e. The second kappa shape index (κ2) is 6.63. The van der Waals surface area contributed by atoms with Gasteiger partial charge in [0.05, 0.1) is 13.2 Å². The summed E-state index contributed by atoms with van der Waals surface area (Å²) in [5, 5.41) is 0. The van der Waals surface area contributed by atoms with Crippen LogP contribution in [0.1, 0.15) is 19.4 Å². The minimum atomic E-state index is -0.713. The van der Waals surface area contributed by atoms with Crippen molar-refractivity contribution in [1.82, 2.24) is 0 Å². The lowest BCUT2D eigenvalue weighted by atomic mass is 10.0. The van der Waals surface area contributed by atoms with Gasteiger partial charge in [0.2, 0.25) is 0 Å². The maximum Gasteiger partial charge on any atom is 0.190 e. The van der Waals surface area contributed by atoms with Gasteiger partial charge in [-0.25, -0.2) is 0 Å². The number of rotatable bonds is 5. The van der Waals surface area contributed by atoms with Gasteiger partial charge in [0.1, 0.15) is 30.7 Å². The summed E-state index contributed by atoms with van der Waals surface area (Å²) in [5.41, 5.74) is 1.69. The molecule has 5 atom stereocenters.